The highest BCUT2D eigenvalue weighted by atomic mass is 16.5. The fraction of sp³-hybridized carbons (Fsp3) is 0.200. The van der Waals surface area contributed by atoms with Crippen LogP contribution in [-0.2, 0) is 6.42 Å². The molecule has 1 nitrogen and oxygen atoms in total. The van der Waals surface area contributed by atoms with Crippen molar-refractivity contribution >= 4 is 0 Å². The Labute approximate surface area is 67.0 Å². The zero-order valence-electron chi connectivity index (χ0n) is 6.42. The van der Waals surface area contributed by atoms with Crippen LogP contribution in [0.2, 0.25) is 0 Å². The summed E-state index contributed by atoms with van der Waals surface area (Å²) in [5.74, 6) is 3.16. The van der Waals surface area contributed by atoms with Crippen LogP contribution in [0.15, 0.2) is 24.3 Å². The number of rotatable bonds is 2. The molecule has 55 valence electrons. The first-order valence-electron chi connectivity index (χ1n) is 3.39. The van der Waals surface area contributed by atoms with Gasteiger partial charge in [0, 0.05) is 6.42 Å². The van der Waals surface area contributed by atoms with Crippen molar-refractivity contribution < 1.29 is 4.74 Å². The fourth-order valence-corrected chi connectivity index (χ4v) is 0.884. The van der Waals surface area contributed by atoms with Crippen LogP contribution in [0.4, 0.5) is 0 Å². The molecule has 11 heavy (non-hydrogen) atoms. The second-order valence-corrected chi connectivity index (χ2v) is 2.21. The number of hydrogen-bond donors (Lipinski definition) is 0. The minimum atomic E-state index is 0.553. The number of hydrogen-bond acceptors (Lipinski definition) is 1. The van der Waals surface area contributed by atoms with Crippen LogP contribution in [0.3, 0.4) is 0 Å². The highest BCUT2D eigenvalue weighted by Crippen LogP contribution is 2.12. The van der Waals surface area contributed by atoms with E-state index < -0.39 is 0 Å². The number of ether oxygens (including phenoxy) is 1. The zero-order chi connectivity index (χ0) is 8.10. The molecule has 0 saturated carbocycles. The van der Waals surface area contributed by atoms with Gasteiger partial charge >= 0.3 is 0 Å². The summed E-state index contributed by atoms with van der Waals surface area (Å²) in [4.78, 5) is 0. The van der Waals surface area contributed by atoms with E-state index in [1.165, 1.54) is 0 Å². The monoisotopic (exact) mass is 145 g/mol. The van der Waals surface area contributed by atoms with Gasteiger partial charge in [-0.3, -0.25) is 0 Å². The summed E-state index contributed by atoms with van der Waals surface area (Å²) in [6.45, 7) is 0. The molecule has 1 aromatic carbocycles. The summed E-state index contributed by atoms with van der Waals surface area (Å²) in [6, 6.07) is 7.64. The normalized spacial score (nSPS) is 8.73. The van der Waals surface area contributed by atoms with Crippen molar-refractivity contribution in [1.29, 1.82) is 0 Å². The lowest BCUT2D eigenvalue weighted by atomic mass is 10.1. The smallest absolute Gasteiger partial charge is 0.119 e. The van der Waals surface area contributed by atoms with E-state index in [1.807, 2.05) is 24.3 Å². The van der Waals surface area contributed by atoms with Gasteiger partial charge in [0.2, 0.25) is 0 Å². The zero-order valence-corrected chi connectivity index (χ0v) is 6.42. The van der Waals surface area contributed by atoms with Gasteiger partial charge < -0.3 is 4.74 Å². The number of methoxy groups -OCH3 is 1. The van der Waals surface area contributed by atoms with E-state index in [9.17, 15) is 0 Å². The minimum Gasteiger partial charge on any atom is -0.497 e. The second kappa shape index (κ2) is 3.68. The maximum atomic E-state index is 6.78. The van der Waals surface area contributed by atoms with E-state index in [1.54, 1.807) is 7.11 Å². The maximum absolute atomic E-state index is 6.78. The van der Waals surface area contributed by atoms with Gasteiger partial charge in [0.05, 0.1) is 7.11 Å². The first-order chi connectivity index (χ1) is 5.36. The molecule has 0 aliphatic heterocycles. The van der Waals surface area contributed by atoms with E-state index in [0.717, 1.165) is 11.3 Å². The van der Waals surface area contributed by atoms with Gasteiger partial charge in [0.25, 0.3) is 0 Å². The largest absolute Gasteiger partial charge is 0.497 e. The van der Waals surface area contributed by atoms with Crippen molar-refractivity contribution in [3.05, 3.63) is 36.3 Å². The highest BCUT2D eigenvalue weighted by Gasteiger charge is 1.91. The third-order valence-corrected chi connectivity index (χ3v) is 1.43. The van der Waals surface area contributed by atoms with Gasteiger partial charge in [-0.05, 0) is 24.1 Å². The van der Waals surface area contributed by atoms with Crippen molar-refractivity contribution in [3.8, 4) is 11.7 Å². The van der Waals surface area contributed by atoms with E-state index in [2.05, 4.69) is 5.92 Å². The molecule has 1 rings (SSSR count). The molecule has 0 fully saturated rings. The average molecular weight is 145 g/mol. The van der Waals surface area contributed by atoms with Crippen molar-refractivity contribution in [2.24, 2.45) is 0 Å². The molecule has 0 aromatic heterocycles. The summed E-state index contributed by atoms with van der Waals surface area (Å²) in [5, 5.41) is 0. The van der Waals surface area contributed by atoms with Crippen molar-refractivity contribution in [1.82, 2.24) is 0 Å². The van der Waals surface area contributed by atoms with Crippen LogP contribution in [0.5, 0.6) is 5.75 Å². The van der Waals surface area contributed by atoms with Gasteiger partial charge in [0.1, 0.15) is 5.75 Å². The predicted octanol–water partition coefficient (Wildman–Crippen LogP) is 1.83. The maximum Gasteiger partial charge on any atom is 0.119 e. The van der Waals surface area contributed by atoms with Crippen molar-refractivity contribution in [2.45, 2.75) is 6.42 Å². The van der Waals surface area contributed by atoms with E-state index in [0.29, 0.717) is 6.42 Å². The molecule has 0 unspecified atom stereocenters. The van der Waals surface area contributed by atoms with Crippen LogP contribution in [0.25, 0.3) is 0 Å². The molecule has 0 heterocycles. The Morgan fingerprint density at radius 3 is 3.00 bits per heavy atom. The lowest BCUT2D eigenvalue weighted by molar-refractivity contribution is 0.414. The third kappa shape index (κ3) is 2.01. The van der Waals surface area contributed by atoms with Crippen LogP contribution in [0, 0.1) is 12.3 Å². The third-order valence-electron chi connectivity index (χ3n) is 1.43. The van der Waals surface area contributed by atoms with Gasteiger partial charge in [-0.15, -0.1) is 0 Å². The molecule has 0 N–H and O–H groups in total. The summed E-state index contributed by atoms with van der Waals surface area (Å²) < 4.78 is 5.01. The molecular weight excluding hydrogens is 136 g/mol. The molecule has 1 heteroatoms. The summed E-state index contributed by atoms with van der Waals surface area (Å²) >= 11 is 0. The molecule has 0 spiro atoms. The Hall–Kier alpha value is -1.42. The Bertz CT molecular complexity index is 270. The molecule has 0 saturated heterocycles. The van der Waals surface area contributed by atoms with Gasteiger partial charge in [-0.2, -0.15) is 0 Å². The fourth-order valence-electron chi connectivity index (χ4n) is 0.884. The standard InChI is InChI=1S/C10H9O/c1-3-5-9-6-4-7-10(8-9)11-2/h4,6-8H,5H2,2H3. The lowest BCUT2D eigenvalue weighted by Gasteiger charge is -1.99. The first kappa shape index (κ1) is 7.68. The summed E-state index contributed by atoms with van der Waals surface area (Å²) in [7, 11) is 1.63. The molecule has 1 radical (unpaired) electrons. The second-order valence-electron chi connectivity index (χ2n) is 2.21. The van der Waals surface area contributed by atoms with E-state index in [-0.39, 0.29) is 0 Å². The first-order valence-corrected chi connectivity index (χ1v) is 3.39. The highest BCUT2D eigenvalue weighted by molar-refractivity contribution is 5.29. The molecular formula is C10H9O. The average Bonchev–Trinajstić information content (AvgIpc) is 2.06. The van der Waals surface area contributed by atoms with Crippen LogP contribution in [-0.4, -0.2) is 7.11 Å². The quantitative estimate of drug-likeness (QED) is 0.577. The van der Waals surface area contributed by atoms with Gasteiger partial charge in [-0.25, -0.2) is 0 Å². The van der Waals surface area contributed by atoms with Gasteiger partial charge in [-0.1, -0.05) is 18.1 Å². The Morgan fingerprint density at radius 1 is 1.55 bits per heavy atom. The van der Waals surface area contributed by atoms with E-state index in [4.69, 9.17) is 11.2 Å². The minimum absolute atomic E-state index is 0.553. The Morgan fingerprint density at radius 2 is 2.36 bits per heavy atom. The lowest BCUT2D eigenvalue weighted by Crippen LogP contribution is -1.85. The SMILES string of the molecule is [C]#CCc1cccc(OC)c1. The Balaban J connectivity index is 2.84. The molecule has 0 bridgehead atoms. The summed E-state index contributed by atoms with van der Waals surface area (Å²) in [6.07, 6.45) is 7.33. The Kier molecular flexibility index (Phi) is 2.57. The van der Waals surface area contributed by atoms with Crippen molar-refractivity contribution in [3.63, 3.8) is 0 Å². The van der Waals surface area contributed by atoms with Gasteiger partial charge in [0.15, 0.2) is 0 Å². The summed E-state index contributed by atoms with van der Waals surface area (Å²) in [5.41, 5.74) is 1.05. The molecule has 0 aliphatic rings. The van der Waals surface area contributed by atoms with Crippen LogP contribution < -0.4 is 4.74 Å². The topological polar surface area (TPSA) is 9.23 Å². The van der Waals surface area contributed by atoms with Crippen LogP contribution in [0.1, 0.15) is 5.56 Å². The molecule has 0 atom stereocenters. The number of benzene rings is 1. The predicted molar refractivity (Wildman–Crippen MR) is 43.8 cm³/mol. The van der Waals surface area contributed by atoms with Crippen LogP contribution >= 0.6 is 0 Å². The molecule has 1 aromatic rings. The van der Waals surface area contributed by atoms with Crippen molar-refractivity contribution in [2.75, 3.05) is 7.11 Å². The molecule has 0 aliphatic carbocycles. The van der Waals surface area contributed by atoms with E-state index >= 15 is 0 Å². The molecule has 0 amide bonds.